The van der Waals surface area contributed by atoms with Gasteiger partial charge in [0.15, 0.2) is 11.4 Å². The van der Waals surface area contributed by atoms with Crippen molar-refractivity contribution in [3.8, 4) is 5.75 Å². The second-order valence-electron chi connectivity index (χ2n) is 7.52. The molecule has 2 aromatic rings. The first kappa shape index (κ1) is 15.5. The maximum Gasteiger partial charge on any atom is 0.277 e. The summed E-state index contributed by atoms with van der Waals surface area (Å²) >= 11 is 0. The zero-order valence-electron chi connectivity index (χ0n) is 14.6. The van der Waals surface area contributed by atoms with E-state index in [4.69, 9.17) is 0 Å². The Morgan fingerprint density at radius 2 is 1.88 bits per heavy atom. The molecule has 0 bridgehead atoms. The number of carbonyl (C=O) groups is 1. The Morgan fingerprint density at radius 3 is 2.73 bits per heavy atom. The molecule has 1 aliphatic carbocycles. The van der Waals surface area contributed by atoms with Crippen LogP contribution in [0.3, 0.4) is 0 Å². The molecule has 6 heteroatoms. The summed E-state index contributed by atoms with van der Waals surface area (Å²) in [5.41, 5.74) is 2.19. The zero-order chi connectivity index (χ0) is 18.0. The lowest BCUT2D eigenvalue weighted by Gasteiger charge is -2.55. The lowest BCUT2D eigenvalue weighted by Crippen LogP contribution is -2.64. The molecule has 1 unspecified atom stereocenters. The number of piperidine rings is 1. The van der Waals surface area contributed by atoms with Crippen molar-refractivity contribution in [3.63, 3.8) is 0 Å². The topological polar surface area (TPSA) is 65.8 Å². The summed E-state index contributed by atoms with van der Waals surface area (Å²) in [5, 5.41) is 12.5. The van der Waals surface area contributed by atoms with Gasteiger partial charge in [0.1, 0.15) is 6.17 Å². The number of pyridine rings is 1. The Labute approximate surface area is 151 Å². The number of hydrogen-bond acceptors (Lipinski definition) is 4. The monoisotopic (exact) mass is 351 g/mol. The minimum atomic E-state index is -0.519. The molecule has 1 saturated heterocycles. The second-order valence-corrected chi connectivity index (χ2v) is 7.52. The average molecular weight is 351 g/mol. The number of benzene rings is 1. The summed E-state index contributed by atoms with van der Waals surface area (Å²) in [6.07, 6.45) is 5.70. The zero-order valence-corrected chi connectivity index (χ0v) is 14.6. The van der Waals surface area contributed by atoms with Crippen molar-refractivity contribution < 1.29 is 9.90 Å². The number of aryl methyl sites for hydroxylation is 1. The fourth-order valence-corrected chi connectivity index (χ4v) is 5.00. The third-order valence-corrected chi connectivity index (χ3v) is 6.26. The van der Waals surface area contributed by atoms with E-state index in [-0.39, 0.29) is 23.8 Å². The smallest absolute Gasteiger partial charge is 0.277 e. The molecule has 3 heterocycles. The van der Waals surface area contributed by atoms with Gasteiger partial charge in [0.2, 0.25) is 5.43 Å². The van der Waals surface area contributed by atoms with E-state index >= 15 is 0 Å². The summed E-state index contributed by atoms with van der Waals surface area (Å²) in [5.74, 6) is -0.268. The van der Waals surface area contributed by atoms with E-state index < -0.39 is 11.2 Å². The third kappa shape index (κ3) is 1.92. The van der Waals surface area contributed by atoms with Gasteiger partial charge >= 0.3 is 0 Å². The fourth-order valence-electron chi connectivity index (χ4n) is 5.00. The quantitative estimate of drug-likeness (QED) is 0.788. The summed E-state index contributed by atoms with van der Waals surface area (Å²) in [6.45, 7) is 0. The Morgan fingerprint density at radius 1 is 1.08 bits per heavy atom. The van der Waals surface area contributed by atoms with Crippen molar-refractivity contribution in [3.05, 3.63) is 63.6 Å². The van der Waals surface area contributed by atoms with E-state index in [1.165, 1.54) is 17.2 Å². The van der Waals surface area contributed by atoms with Crippen molar-refractivity contribution in [1.82, 2.24) is 9.58 Å². The van der Waals surface area contributed by atoms with Crippen LogP contribution in [0.1, 0.15) is 46.9 Å². The van der Waals surface area contributed by atoms with Gasteiger partial charge in [-0.05, 0) is 42.7 Å². The molecule has 6 nitrogen and oxygen atoms in total. The molecule has 26 heavy (non-hydrogen) atoms. The van der Waals surface area contributed by atoms with Crippen LogP contribution in [0.5, 0.6) is 5.75 Å². The number of aromatic nitrogens is 1. The van der Waals surface area contributed by atoms with Gasteiger partial charge in [-0.2, -0.15) is 0 Å². The van der Waals surface area contributed by atoms with Crippen LogP contribution >= 0.6 is 0 Å². The molecule has 2 aliphatic heterocycles. The highest BCUT2D eigenvalue weighted by Crippen LogP contribution is 2.46. The molecule has 0 saturated carbocycles. The predicted octanol–water partition coefficient (Wildman–Crippen LogP) is 2.00. The Hall–Kier alpha value is -2.76. The molecule has 0 spiro atoms. The lowest BCUT2D eigenvalue weighted by atomic mass is 9.74. The average Bonchev–Trinajstić information content (AvgIpc) is 2.67. The molecule has 1 aromatic carbocycles. The molecule has 1 aromatic heterocycles. The number of rotatable bonds is 0. The molecular weight excluding hydrogens is 330 g/mol. The molecule has 1 amide bonds. The summed E-state index contributed by atoms with van der Waals surface area (Å²) in [4.78, 5) is 26.4. The predicted molar refractivity (Wildman–Crippen MR) is 96.7 cm³/mol. The van der Waals surface area contributed by atoms with E-state index in [9.17, 15) is 14.7 Å². The van der Waals surface area contributed by atoms with Crippen LogP contribution in [0, 0.1) is 5.92 Å². The Kier molecular flexibility index (Phi) is 3.20. The second kappa shape index (κ2) is 5.37. The Balaban J connectivity index is 1.75. The highest BCUT2D eigenvalue weighted by Gasteiger charge is 2.47. The molecule has 0 radical (unpaired) electrons. The maximum absolute atomic E-state index is 12.8. The van der Waals surface area contributed by atoms with Crippen LogP contribution in [0.2, 0.25) is 0 Å². The molecular formula is C20H21N3O3. The Bertz CT molecular complexity index is 967. The van der Waals surface area contributed by atoms with Gasteiger partial charge in [0.25, 0.3) is 5.91 Å². The van der Waals surface area contributed by atoms with Crippen molar-refractivity contribution in [2.24, 2.45) is 5.92 Å². The van der Waals surface area contributed by atoms with Crippen LogP contribution in [-0.4, -0.2) is 33.8 Å². The number of nitrogens with zero attached hydrogens (tertiary/aromatic N) is 3. The fraction of sp³-hybridized carbons (Fsp3) is 0.400. The van der Waals surface area contributed by atoms with Crippen molar-refractivity contribution >= 4 is 5.91 Å². The highest BCUT2D eigenvalue weighted by atomic mass is 16.3. The van der Waals surface area contributed by atoms with Gasteiger partial charge in [-0.3, -0.25) is 19.3 Å². The molecule has 1 N–H and O–H groups in total. The summed E-state index contributed by atoms with van der Waals surface area (Å²) < 4.78 is 1.72. The largest absolute Gasteiger partial charge is 0.502 e. The third-order valence-electron chi connectivity index (χ3n) is 6.26. The normalized spacial score (nSPS) is 26.7. The first-order valence-electron chi connectivity index (χ1n) is 9.16. The van der Waals surface area contributed by atoms with Crippen LogP contribution < -0.4 is 10.4 Å². The standard InChI is InChI=1S/C20H21N3O3/c1-21-16-9-8-13-7-6-12-4-2-3-5-14(12)17(13)23(16)22-11-10-15(24)19(25)18(22)20(21)26/h2-5,10-11,13,16-17,25H,6-9H2,1H3/t13-,16?,17+/m1/s1. The number of amides is 1. The summed E-state index contributed by atoms with van der Waals surface area (Å²) in [6, 6.07) is 9.96. The highest BCUT2D eigenvalue weighted by molar-refractivity contribution is 5.96. The maximum atomic E-state index is 12.8. The van der Waals surface area contributed by atoms with Gasteiger partial charge < -0.3 is 10.0 Å². The van der Waals surface area contributed by atoms with E-state index in [0.717, 1.165) is 25.7 Å². The van der Waals surface area contributed by atoms with Gasteiger partial charge in [-0.1, -0.05) is 24.3 Å². The number of hydrogen-bond donors (Lipinski definition) is 1. The van der Waals surface area contributed by atoms with E-state index in [0.29, 0.717) is 5.92 Å². The van der Waals surface area contributed by atoms with E-state index in [2.05, 4.69) is 29.3 Å². The molecule has 134 valence electrons. The first-order chi connectivity index (χ1) is 12.6. The minimum absolute atomic E-state index is 0.0694. The lowest BCUT2D eigenvalue weighted by molar-refractivity contribution is 0.0478. The number of aromatic hydroxyl groups is 1. The molecule has 3 atom stereocenters. The van der Waals surface area contributed by atoms with Crippen molar-refractivity contribution in [2.45, 2.75) is 37.9 Å². The van der Waals surface area contributed by atoms with Crippen LogP contribution in [0.15, 0.2) is 41.3 Å². The van der Waals surface area contributed by atoms with Gasteiger partial charge in [0.05, 0.1) is 6.04 Å². The molecule has 3 aliphatic rings. The van der Waals surface area contributed by atoms with E-state index in [1.807, 2.05) is 0 Å². The van der Waals surface area contributed by atoms with Gasteiger partial charge in [0, 0.05) is 19.3 Å². The number of fused-ring (bicyclic) bond motifs is 7. The first-order valence-corrected chi connectivity index (χ1v) is 9.16. The van der Waals surface area contributed by atoms with Gasteiger partial charge in [-0.25, -0.2) is 0 Å². The number of carbonyl (C=O) groups excluding carboxylic acids is 1. The van der Waals surface area contributed by atoms with Crippen molar-refractivity contribution in [1.29, 1.82) is 0 Å². The van der Waals surface area contributed by atoms with Crippen LogP contribution in [-0.2, 0) is 6.42 Å². The van der Waals surface area contributed by atoms with Crippen LogP contribution in [0.25, 0.3) is 0 Å². The van der Waals surface area contributed by atoms with E-state index in [1.54, 1.807) is 22.8 Å². The van der Waals surface area contributed by atoms with Crippen molar-refractivity contribution in [2.75, 3.05) is 12.1 Å². The molecule has 1 fully saturated rings. The summed E-state index contributed by atoms with van der Waals surface area (Å²) in [7, 11) is 1.76. The van der Waals surface area contributed by atoms with Crippen LogP contribution in [0.4, 0.5) is 0 Å². The van der Waals surface area contributed by atoms with Gasteiger partial charge in [-0.15, -0.1) is 0 Å². The SMILES string of the molecule is CN1C(=O)c2c(O)c(=O)ccn2N2C1CC[C@H]1CCc3ccccc3[C@H]12. The molecule has 5 rings (SSSR count). The minimum Gasteiger partial charge on any atom is -0.502 e.